The zero-order valence-electron chi connectivity index (χ0n) is 65.7. The Balaban J connectivity index is 3.07. The molecule has 0 saturated carbocycles. The Bertz CT molecular complexity index is 3300. The molecule has 1 heterocycles. The number of diazo groups is 1. The first-order valence-corrected chi connectivity index (χ1v) is 36.3. The van der Waals surface area contributed by atoms with Crippen LogP contribution in [-0.2, 0) is 52.7 Å². The van der Waals surface area contributed by atoms with Gasteiger partial charge in [-0.05, 0) is 137 Å². The first-order chi connectivity index (χ1) is 48.2. The van der Waals surface area contributed by atoms with Crippen molar-refractivity contribution in [2.75, 3.05) is 62.4 Å². The Morgan fingerprint density at radius 1 is 0.567 bits per heavy atom. The van der Waals surface area contributed by atoms with Gasteiger partial charge in [-0.25, -0.2) is 0 Å². The van der Waals surface area contributed by atoms with Crippen LogP contribution in [0.15, 0.2) is 36.4 Å². The number of hydrogen-bond acceptors (Lipinski definition) is 15. The lowest BCUT2D eigenvalue weighted by Crippen LogP contribution is -2.63. The van der Waals surface area contributed by atoms with Crippen LogP contribution < -0.4 is 37.0 Å². The fourth-order valence-corrected chi connectivity index (χ4v) is 12.6. The van der Waals surface area contributed by atoms with E-state index in [9.17, 15) is 56.9 Å². The molecule has 1 saturated heterocycles. The molecule has 104 heavy (non-hydrogen) atoms. The van der Waals surface area contributed by atoms with E-state index < -0.39 is 179 Å². The second-order valence-electron chi connectivity index (χ2n) is 30.2. The average molecular weight is 1470 g/mol. The Morgan fingerprint density at radius 3 is 1.49 bits per heavy atom. The van der Waals surface area contributed by atoms with E-state index in [1.165, 1.54) is 92.9 Å². The number of nitrogens with zero attached hydrogens (tertiary/aromatic N) is 9. The number of unbranched alkanes of at least 4 members (excludes halogenated alkanes) is 1. The molecule has 1 aliphatic heterocycles. The minimum Gasteiger partial charge on any atom is -0.494 e. The van der Waals surface area contributed by atoms with Crippen LogP contribution in [0.5, 0.6) is 0 Å². The van der Waals surface area contributed by atoms with Crippen molar-refractivity contribution in [3.05, 3.63) is 51.8 Å². The number of carbonyl (C=O) groups is 11. The van der Waals surface area contributed by atoms with Gasteiger partial charge < -0.3 is 71.1 Å². The topological polar surface area (TPSA) is 339 Å². The van der Waals surface area contributed by atoms with E-state index in [1.807, 2.05) is 55.4 Å². The summed E-state index contributed by atoms with van der Waals surface area (Å²) < 4.78 is 40.4. The number of carbonyl (C=O) groups excluding carboxylic acids is 11. The lowest BCUT2D eigenvalue weighted by atomic mass is 9.91. The molecule has 0 spiro atoms. The predicted octanol–water partition coefficient (Wildman–Crippen LogP) is 4.86. The van der Waals surface area contributed by atoms with Gasteiger partial charge in [0.2, 0.25) is 70.4 Å². The minimum absolute atomic E-state index is 0.0177. The van der Waals surface area contributed by atoms with Crippen molar-refractivity contribution in [1.82, 2.24) is 60.9 Å². The molecule has 2 rings (SSSR count). The number of hydrogen-bond donors (Lipinski definition) is 7. The molecule has 12 unspecified atom stereocenters. The maximum absolute atomic E-state index is 15.4. The molecule has 1 aromatic rings. The molecule has 11 amide bonds. The van der Waals surface area contributed by atoms with E-state index in [-0.39, 0.29) is 93.2 Å². The van der Waals surface area contributed by atoms with Crippen LogP contribution in [0.4, 0.5) is 13.2 Å². The zero-order valence-corrected chi connectivity index (χ0v) is 65.7. The van der Waals surface area contributed by atoms with Gasteiger partial charge in [0.1, 0.15) is 60.4 Å². The average Bonchev–Trinajstić information content (AvgIpc) is 0.800. The second-order valence-corrected chi connectivity index (χ2v) is 30.2. The first kappa shape index (κ1) is 91.7. The fourth-order valence-electron chi connectivity index (χ4n) is 12.6. The van der Waals surface area contributed by atoms with Crippen LogP contribution in [-0.4, -0.2) is 245 Å². The van der Waals surface area contributed by atoms with Gasteiger partial charge in [0, 0.05) is 61.1 Å². The lowest BCUT2D eigenvalue weighted by molar-refractivity contribution is -0.157. The summed E-state index contributed by atoms with van der Waals surface area (Å²) in [6, 6.07) is -9.04. The maximum Gasteiger partial charge on any atom is 0.501 e. The predicted molar refractivity (Wildman–Crippen MR) is 391 cm³/mol. The number of nitrogens with one attached hydrogen (secondary N) is 5. The van der Waals surface area contributed by atoms with E-state index in [0.717, 1.165) is 21.9 Å². The van der Waals surface area contributed by atoms with Crippen molar-refractivity contribution in [2.24, 2.45) is 41.4 Å². The summed E-state index contributed by atoms with van der Waals surface area (Å²) in [5.41, 5.74) is -1.54. The summed E-state index contributed by atoms with van der Waals surface area (Å²) in [6.45, 7) is 27.3. The van der Waals surface area contributed by atoms with Crippen LogP contribution in [0.25, 0.3) is 16.6 Å². The molecule has 0 aliphatic carbocycles. The molecule has 27 nitrogen and oxygen atoms in total. The molecule has 1 aliphatic rings. The number of benzene rings is 1. The quantitative estimate of drug-likeness (QED) is 0.0491. The smallest absolute Gasteiger partial charge is 0.494 e. The van der Waals surface area contributed by atoms with E-state index in [1.54, 1.807) is 60.6 Å². The van der Waals surface area contributed by atoms with Crippen molar-refractivity contribution in [3.8, 4) is 0 Å². The number of aliphatic hydroxyl groups is 2. The van der Waals surface area contributed by atoms with Crippen molar-refractivity contribution in [2.45, 2.75) is 241 Å². The third-order valence-corrected chi connectivity index (χ3v) is 19.0. The molecule has 7 N–H and O–H groups in total. The summed E-state index contributed by atoms with van der Waals surface area (Å²) in [5.74, 6) is -11.5. The molecule has 1 aromatic carbocycles. The lowest BCUT2D eigenvalue weighted by Gasteiger charge is -2.41. The third-order valence-electron chi connectivity index (χ3n) is 19.0. The van der Waals surface area contributed by atoms with E-state index in [0.29, 0.717) is 0 Å². The summed E-state index contributed by atoms with van der Waals surface area (Å²) >= 11 is 0. The number of rotatable bonds is 21. The summed E-state index contributed by atoms with van der Waals surface area (Å²) in [6.07, 6.45) is -2.21. The molecule has 0 bridgehead atoms. The fraction of sp³-hybridized carbons (Fsp3) is 0.716. The van der Waals surface area contributed by atoms with Gasteiger partial charge in [0.25, 0.3) is 0 Å². The summed E-state index contributed by atoms with van der Waals surface area (Å²) in [5, 5.41) is 45.7. The first-order valence-electron chi connectivity index (χ1n) is 36.3. The Labute approximate surface area is 613 Å². The zero-order chi connectivity index (χ0) is 79.9. The highest BCUT2D eigenvalue weighted by Gasteiger charge is 2.48. The van der Waals surface area contributed by atoms with Gasteiger partial charge >= 0.3 is 11.9 Å². The maximum atomic E-state index is 15.4. The molecule has 0 aromatic heterocycles. The molecule has 30 heteroatoms. The van der Waals surface area contributed by atoms with Crippen LogP contribution in [0, 0.1) is 46.8 Å². The number of aliphatic hydroxyl groups excluding tert-OH is 2. The SMILES string of the molecule is C/C=C/CC(C)C(O)C1C(=O)NC(CC)C(=O)N(C)CC(=O)N(C)C(CC(C)C)C(=O)NC(C(C)C)C(=O)N(C)C(CC(C)C)C(=O)NC(C)C(=O)NC(CCCCNC(O)=c2ccc(=C([N+]#N)C(F)(F)F)cc2)C(=O)N(C)C(CC(C)C)C(=O)N(C)C(CC(C)C)C(=O)N(C)C(C(C)C)C(=O)N1C. The molecule has 0 radical (unpaired) electrons. The summed E-state index contributed by atoms with van der Waals surface area (Å²) in [4.78, 5) is 175. The van der Waals surface area contributed by atoms with Crippen molar-refractivity contribution in [1.29, 1.82) is 5.39 Å². The second kappa shape index (κ2) is 42.0. The molecule has 1 fully saturated rings. The number of alkyl halides is 3. The van der Waals surface area contributed by atoms with Crippen molar-refractivity contribution < 1.29 is 76.1 Å². The van der Waals surface area contributed by atoms with Crippen molar-refractivity contribution >= 4 is 76.6 Å². The van der Waals surface area contributed by atoms with Crippen LogP contribution >= 0.6 is 0 Å². The molecule has 586 valence electrons. The molecular weight excluding hydrogens is 1350 g/mol. The van der Waals surface area contributed by atoms with Crippen molar-refractivity contribution in [3.63, 3.8) is 0 Å². The van der Waals surface area contributed by atoms with Crippen LogP contribution in [0.2, 0.25) is 0 Å². The minimum atomic E-state index is -4.97. The highest BCUT2D eigenvalue weighted by atomic mass is 19.4. The van der Waals surface area contributed by atoms with Gasteiger partial charge in [0.05, 0.1) is 17.9 Å². The standard InChI is InChI=1S/C74H121F3N14O13/c1-24-26-29-47(15)61(93)60-67(98)81-51(25-2)68(99)85(17)40-57(92)86(18)53(36-41(3)4)66(97)83-58(45(11)12)72(103)87(19)54(37-42(5)6)65(96)80-48(16)63(94)82-52(30-27-28-35-79-64(95)50-33-31-49(32-34-50)62(84-78)74(75,76)77)69(100)88(20)55(38-43(7)8)70(101)89(21)56(39-44(9)10)71(102)90(22)59(46(13)14)73(104)91(60)23/h24,26,31-34,41-48,51-56,58-61,79,93H,25,27-30,35-40H2,1-23H3,(H4-,80,81,82,83,94,95,96,97,98)/p+1/b26-24+,62-49?,64-50?. The van der Waals surface area contributed by atoms with Gasteiger partial charge in [-0.1, -0.05) is 109 Å². The Kier molecular flexibility index (Phi) is 37.0. The van der Waals surface area contributed by atoms with Gasteiger partial charge in [-0.2, -0.15) is 13.2 Å². The monoisotopic (exact) mass is 1470 g/mol. The van der Waals surface area contributed by atoms with Crippen LogP contribution in [0.3, 0.4) is 0 Å². The normalized spacial score (nSPS) is 24.1. The van der Waals surface area contributed by atoms with Gasteiger partial charge in [0.15, 0.2) is 10.9 Å². The summed E-state index contributed by atoms with van der Waals surface area (Å²) in [7, 11) is 9.64. The number of likely N-dealkylation sites (N-methyl/N-ethyl adjacent to an activating group) is 7. The van der Waals surface area contributed by atoms with E-state index >= 15 is 19.2 Å². The largest absolute Gasteiger partial charge is 0.501 e. The van der Waals surface area contributed by atoms with Gasteiger partial charge in [-0.3, -0.25) is 52.7 Å². The van der Waals surface area contributed by atoms with E-state index in [4.69, 9.17) is 5.39 Å². The highest BCUT2D eigenvalue weighted by molar-refractivity contribution is 5.99. The Morgan fingerprint density at radius 2 is 1.02 bits per heavy atom. The number of halogens is 3. The van der Waals surface area contributed by atoms with Crippen LogP contribution in [0.1, 0.15) is 169 Å². The molecular formula is C74H122F3N14O13+. The number of allylic oxidation sites excluding steroid dienone is 2. The molecule has 12 atom stereocenters. The highest BCUT2D eigenvalue weighted by Crippen LogP contribution is 2.28. The Hall–Kier alpha value is -8.36. The third kappa shape index (κ3) is 26.1. The van der Waals surface area contributed by atoms with Gasteiger partial charge in [-0.15, -0.1) is 0 Å². The van der Waals surface area contributed by atoms with E-state index in [2.05, 4.69) is 31.6 Å². The number of amides is 11.